The van der Waals surface area contributed by atoms with Crippen molar-refractivity contribution in [3.05, 3.63) is 48.8 Å². The number of aromatic nitrogens is 1. The summed E-state index contributed by atoms with van der Waals surface area (Å²) in [5.41, 5.74) is 1.94. The molecular weight excluding hydrogens is 153 g/mol. The molecule has 0 N–H and O–H groups in total. The van der Waals surface area contributed by atoms with Crippen molar-refractivity contribution in [2.75, 3.05) is 0 Å². The van der Waals surface area contributed by atoms with Crippen LogP contribution in [0.2, 0.25) is 0 Å². The van der Waals surface area contributed by atoms with E-state index in [4.69, 9.17) is 0 Å². The Balaban J connectivity index is 2.45. The van der Waals surface area contributed by atoms with Crippen LogP contribution in [0, 0.1) is 0 Å². The van der Waals surface area contributed by atoms with Crippen molar-refractivity contribution in [2.24, 2.45) is 0 Å². The largest absolute Gasteiger partial charge is 0.194 e. The standard InChI is InChI=1S/C10H8FN/c11-12-7-6-10(8-12)9-4-2-1-3-5-9/h1-8H. The molecule has 0 spiro atoms. The first-order valence-electron chi connectivity index (χ1n) is 3.76. The smallest absolute Gasteiger partial charge is 0.0457 e. The van der Waals surface area contributed by atoms with E-state index in [0.29, 0.717) is 4.79 Å². The van der Waals surface area contributed by atoms with Gasteiger partial charge < -0.3 is 0 Å². The van der Waals surface area contributed by atoms with Crippen LogP contribution in [0.3, 0.4) is 0 Å². The summed E-state index contributed by atoms with van der Waals surface area (Å²) in [7, 11) is 0. The van der Waals surface area contributed by atoms with Crippen molar-refractivity contribution in [3.8, 4) is 11.1 Å². The van der Waals surface area contributed by atoms with E-state index in [1.54, 1.807) is 6.07 Å². The van der Waals surface area contributed by atoms with Gasteiger partial charge in [-0.25, -0.2) is 0 Å². The van der Waals surface area contributed by atoms with Crippen LogP contribution in [0.5, 0.6) is 0 Å². The van der Waals surface area contributed by atoms with Crippen LogP contribution < -0.4 is 0 Å². The molecule has 60 valence electrons. The van der Waals surface area contributed by atoms with E-state index in [-0.39, 0.29) is 0 Å². The summed E-state index contributed by atoms with van der Waals surface area (Å²) >= 11 is 0. The van der Waals surface area contributed by atoms with Crippen LogP contribution in [0.25, 0.3) is 11.1 Å². The molecular formula is C10H8FN. The van der Waals surface area contributed by atoms with Gasteiger partial charge in [0.25, 0.3) is 0 Å². The molecule has 0 atom stereocenters. The minimum atomic E-state index is 0.558. The van der Waals surface area contributed by atoms with Crippen LogP contribution in [-0.4, -0.2) is 4.79 Å². The Morgan fingerprint density at radius 1 is 0.917 bits per heavy atom. The Morgan fingerprint density at radius 2 is 1.67 bits per heavy atom. The fourth-order valence-electron chi connectivity index (χ4n) is 1.17. The van der Waals surface area contributed by atoms with Gasteiger partial charge in [-0.3, -0.25) is 0 Å². The zero-order chi connectivity index (χ0) is 8.39. The number of nitrogens with zero attached hydrogens (tertiary/aromatic N) is 1. The van der Waals surface area contributed by atoms with Gasteiger partial charge in [-0.2, -0.15) is 4.79 Å². The maximum atomic E-state index is 12.5. The average Bonchev–Trinajstić information content (AvgIpc) is 2.54. The zero-order valence-electron chi connectivity index (χ0n) is 6.44. The van der Waals surface area contributed by atoms with Crippen molar-refractivity contribution in [3.63, 3.8) is 0 Å². The molecule has 0 unspecified atom stereocenters. The second kappa shape index (κ2) is 2.81. The van der Waals surface area contributed by atoms with Gasteiger partial charge in [0.1, 0.15) is 0 Å². The molecule has 0 bridgehead atoms. The summed E-state index contributed by atoms with van der Waals surface area (Å²) in [5.74, 6) is 0. The molecule has 0 saturated carbocycles. The molecule has 0 amide bonds. The number of benzene rings is 1. The average molecular weight is 161 g/mol. The fraction of sp³-hybridized carbons (Fsp3) is 0. The lowest BCUT2D eigenvalue weighted by Crippen LogP contribution is -1.72. The molecule has 1 aromatic carbocycles. The highest BCUT2D eigenvalue weighted by Crippen LogP contribution is 2.18. The number of hydrogen-bond donors (Lipinski definition) is 0. The van der Waals surface area contributed by atoms with Gasteiger partial charge in [-0.1, -0.05) is 34.8 Å². The summed E-state index contributed by atoms with van der Waals surface area (Å²) in [4.78, 5) is 0.558. The molecule has 0 fully saturated rings. The minimum Gasteiger partial charge on any atom is -0.194 e. The van der Waals surface area contributed by atoms with E-state index >= 15 is 0 Å². The van der Waals surface area contributed by atoms with Crippen LogP contribution in [-0.2, 0) is 0 Å². The highest BCUT2D eigenvalue weighted by atomic mass is 19.2. The van der Waals surface area contributed by atoms with Crippen LogP contribution in [0.4, 0.5) is 4.48 Å². The van der Waals surface area contributed by atoms with Crippen molar-refractivity contribution >= 4 is 0 Å². The summed E-state index contributed by atoms with van der Waals surface area (Å²) in [5, 5.41) is 0. The van der Waals surface area contributed by atoms with Crippen LogP contribution >= 0.6 is 0 Å². The Labute approximate surface area is 70.0 Å². The first-order valence-corrected chi connectivity index (χ1v) is 3.76. The summed E-state index contributed by atoms with van der Waals surface area (Å²) in [6.07, 6.45) is 2.84. The van der Waals surface area contributed by atoms with Gasteiger partial charge in [0, 0.05) is 18.0 Å². The van der Waals surface area contributed by atoms with Crippen LogP contribution in [0.1, 0.15) is 0 Å². The predicted molar refractivity (Wildman–Crippen MR) is 46.4 cm³/mol. The van der Waals surface area contributed by atoms with Gasteiger partial charge in [-0.05, 0) is 11.6 Å². The number of hydrogen-bond acceptors (Lipinski definition) is 0. The quantitative estimate of drug-likeness (QED) is 0.606. The van der Waals surface area contributed by atoms with E-state index in [2.05, 4.69) is 0 Å². The summed E-state index contributed by atoms with van der Waals surface area (Å²) in [6, 6.07) is 11.5. The van der Waals surface area contributed by atoms with E-state index in [1.807, 2.05) is 30.3 Å². The maximum Gasteiger partial charge on any atom is 0.0457 e. The van der Waals surface area contributed by atoms with Crippen molar-refractivity contribution in [1.29, 1.82) is 0 Å². The molecule has 2 rings (SSSR count). The normalized spacial score (nSPS) is 10.1. The molecule has 1 aromatic heterocycles. The van der Waals surface area contributed by atoms with E-state index in [0.717, 1.165) is 11.1 Å². The lowest BCUT2D eigenvalue weighted by molar-refractivity contribution is 0.371. The topological polar surface area (TPSA) is 4.93 Å². The van der Waals surface area contributed by atoms with Gasteiger partial charge in [0.2, 0.25) is 0 Å². The second-order valence-corrected chi connectivity index (χ2v) is 2.61. The summed E-state index contributed by atoms with van der Waals surface area (Å²) in [6.45, 7) is 0. The van der Waals surface area contributed by atoms with Gasteiger partial charge >= 0.3 is 0 Å². The molecule has 1 heterocycles. The fourth-order valence-corrected chi connectivity index (χ4v) is 1.17. The Hall–Kier alpha value is -1.57. The van der Waals surface area contributed by atoms with Gasteiger partial charge in [0.15, 0.2) is 0 Å². The Bertz CT molecular complexity index is 364. The lowest BCUT2D eigenvalue weighted by atomic mass is 10.1. The van der Waals surface area contributed by atoms with Crippen molar-refractivity contribution in [1.82, 2.24) is 4.79 Å². The van der Waals surface area contributed by atoms with Crippen molar-refractivity contribution < 1.29 is 4.48 Å². The monoisotopic (exact) mass is 161 g/mol. The Kier molecular flexibility index (Phi) is 1.67. The maximum absolute atomic E-state index is 12.5. The van der Waals surface area contributed by atoms with Gasteiger partial charge in [0.05, 0.1) is 0 Å². The third-order valence-electron chi connectivity index (χ3n) is 1.77. The third-order valence-corrected chi connectivity index (χ3v) is 1.77. The molecule has 0 radical (unpaired) electrons. The SMILES string of the molecule is Fn1ccc(-c2ccccc2)c1. The molecule has 2 aromatic rings. The first-order chi connectivity index (χ1) is 5.86. The minimum absolute atomic E-state index is 0.558. The van der Waals surface area contributed by atoms with Crippen LogP contribution in [0.15, 0.2) is 48.8 Å². The highest BCUT2D eigenvalue weighted by molar-refractivity contribution is 5.62. The second-order valence-electron chi connectivity index (χ2n) is 2.61. The molecule has 12 heavy (non-hydrogen) atoms. The molecule has 0 aliphatic carbocycles. The summed E-state index contributed by atoms with van der Waals surface area (Å²) < 4.78 is 12.5. The molecule has 2 heteroatoms. The predicted octanol–water partition coefficient (Wildman–Crippen LogP) is 2.89. The van der Waals surface area contributed by atoms with Crippen molar-refractivity contribution in [2.45, 2.75) is 0 Å². The van der Waals surface area contributed by atoms with E-state index < -0.39 is 0 Å². The first kappa shape index (κ1) is 7.10. The Morgan fingerprint density at radius 3 is 2.25 bits per heavy atom. The number of rotatable bonds is 1. The van der Waals surface area contributed by atoms with Gasteiger partial charge in [-0.15, -0.1) is 0 Å². The highest BCUT2D eigenvalue weighted by Gasteiger charge is 1.97. The number of halogens is 1. The molecule has 0 aliphatic rings. The zero-order valence-corrected chi connectivity index (χ0v) is 6.44. The third kappa shape index (κ3) is 1.23. The van der Waals surface area contributed by atoms with E-state index in [9.17, 15) is 4.48 Å². The molecule has 0 aliphatic heterocycles. The molecule has 0 saturated heterocycles. The lowest BCUT2D eigenvalue weighted by Gasteiger charge is -1.93. The van der Waals surface area contributed by atoms with E-state index in [1.165, 1.54) is 12.4 Å². The molecule has 1 nitrogen and oxygen atoms in total.